The molecule has 0 aromatic heterocycles. The lowest BCUT2D eigenvalue weighted by Gasteiger charge is -1.99. The Kier molecular flexibility index (Phi) is 3.96. The van der Waals surface area contributed by atoms with Crippen LogP contribution in [0.25, 0.3) is 0 Å². The Morgan fingerprint density at radius 2 is 1.73 bits per heavy atom. The van der Waals surface area contributed by atoms with Crippen LogP contribution in [-0.4, -0.2) is 5.75 Å². The van der Waals surface area contributed by atoms with E-state index in [-0.39, 0.29) is 0 Å². The second-order valence-electron chi connectivity index (χ2n) is 2.04. The van der Waals surface area contributed by atoms with Gasteiger partial charge in [0, 0.05) is 13.8 Å². The van der Waals surface area contributed by atoms with Gasteiger partial charge in [-0.3, -0.25) is 0 Å². The Bertz CT molecular complexity index is 228. The molecule has 0 saturated carbocycles. The molecular weight excluding hydrogens is 288 g/mol. The molecule has 0 amide bonds. The van der Waals surface area contributed by atoms with Crippen LogP contribution in [0.3, 0.4) is 0 Å². The van der Waals surface area contributed by atoms with Gasteiger partial charge in [0.1, 0.15) is 0 Å². The van der Waals surface area contributed by atoms with Gasteiger partial charge in [0.2, 0.25) is 0 Å². The van der Waals surface area contributed by atoms with Crippen LogP contribution in [0, 0.1) is 0 Å². The second kappa shape index (κ2) is 4.53. The van der Waals surface area contributed by atoms with E-state index in [1.807, 2.05) is 17.8 Å². The van der Waals surface area contributed by atoms with E-state index in [2.05, 4.69) is 50.9 Å². The standard InChI is InChI=1S/C8H8Br2S/c1-2-11-8-4-6(9)3-7(10)5-8/h3-5H,2H2,1H3. The predicted molar refractivity (Wildman–Crippen MR) is 58.2 cm³/mol. The third-order valence-corrected chi connectivity index (χ3v) is 2.92. The monoisotopic (exact) mass is 294 g/mol. The highest BCUT2D eigenvalue weighted by Crippen LogP contribution is 2.26. The van der Waals surface area contributed by atoms with E-state index in [9.17, 15) is 0 Å². The quantitative estimate of drug-likeness (QED) is 0.732. The Morgan fingerprint density at radius 1 is 1.18 bits per heavy atom. The fourth-order valence-electron chi connectivity index (χ4n) is 0.779. The topological polar surface area (TPSA) is 0 Å². The van der Waals surface area contributed by atoms with E-state index < -0.39 is 0 Å². The van der Waals surface area contributed by atoms with Crippen LogP contribution in [0.2, 0.25) is 0 Å². The van der Waals surface area contributed by atoms with Gasteiger partial charge in [-0.15, -0.1) is 11.8 Å². The summed E-state index contributed by atoms with van der Waals surface area (Å²) in [5.41, 5.74) is 0. The molecule has 1 rings (SSSR count). The molecule has 1 aromatic carbocycles. The number of benzene rings is 1. The van der Waals surface area contributed by atoms with Crippen molar-refractivity contribution >= 4 is 43.6 Å². The number of rotatable bonds is 2. The number of hydrogen-bond acceptors (Lipinski definition) is 1. The third kappa shape index (κ3) is 3.18. The van der Waals surface area contributed by atoms with Gasteiger partial charge < -0.3 is 0 Å². The minimum Gasteiger partial charge on any atom is -0.126 e. The summed E-state index contributed by atoms with van der Waals surface area (Å²) in [7, 11) is 0. The lowest BCUT2D eigenvalue weighted by atomic mass is 10.4. The molecule has 1 aromatic rings. The zero-order chi connectivity index (χ0) is 8.27. The molecule has 0 nitrogen and oxygen atoms in total. The highest BCUT2D eigenvalue weighted by molar-refractivity contribution is 9.11. The number of hydrogen-bond donors (Lipinski definition) is 0. The zero-order valence-corrected chi connectivity index (χ0v) is 10.1. The Balaban J connectivity index is 2.89. The maximum atomic E-state index is 3.44. The van der Waals surface area contributed by atoms with Crippen molar-refractivity contribution in [2.24, 2.45) is 0 Å². The molecule has 0 atom stereocenters. The number of halogens is 2. The van der Waals surface area contributed by atoms with Crippen molar-refractivity contribution in [3.8, 4) is 0 Å². The van der Waals surface area contributed by atoms with Crippen molar-refractivity contribution in [1.82, 2.24) is 0 Å². The summed E-state index contributed by atoms with van der Waals surface area (Å²) in [5, 5.41) is 0. The molecule has 60 valence electrons. The molecule has 3 heteroatoms. The van der Waals surface area contributed by atoms with E-state index in [1.165, 1.54) is 4.90 Å². The van der Waals surface area contributed by atoms with E-state index in [0.29, 0.717) is 0 Å². The second-order valence-corrected chi connectivity index (χ2v) is 5.21. The summed E-state index contributed by atoms with van der Waals surface area (Å²) in [4.78, 5) is 1.30. The Labute approximate surface area is 88.0 Å². The molecule has 0 bridgehead atoms. The largest absolute Gasteiger partial charge is 0.126 e. The van der Waals surface area contributed by atoms with Crippen molar-refractivity contribution < 1.29 is 0 Å². The summed E-state index contributed by atoms with van der Waals surface area (Å²) in [6, 6.07) is 6.29. The van der Waals surface area contributed by atoms with Crippen molar-refractivity contribution in [1.29, 1.82) is 0 Å². The summed E-state index contributed by atoms with van der Waals surface area (Å²) < 4.78 is 2.26. The minimum absolute atomic E-state index is 1.11. The summed E-state index contributed by atoms with van der Waals surface area (Å²) in [6.07, 6.45) is 0. The highest BCUT2D eigenvalue weighted by atomic mass is 79.9. The van der Waals surface area contributed by atoms with E-state index in [1.54, 1.807) is 0 Å². The predicted octanol–water partition coefficient (Wildman–Crippen LogP) is 4.32. The van der Waals surface area contributed by atoms with Crippen molar-refractivity contribution in [2.75, 3.05) is 5.75 Å². The van der Waals surface area contributed by atoms with Gasteiger partial charge >= 0.3 is 0 Å². The molecule has 0 aliphatic heterocycles. The molecule has 0 spiro atoms. The van der Waals surface area contributed by atoms with Crippen molar-refractivity contribution in [2.45, 2.75) is 11.8 Å². The first-order chi connectivity index (χ1) is 5.22. The lowest BCUT2D eigenvalue weighted by molar-refractivity contribution is 1.39. The van der Waals surface area contributed by atoms with Gasteiger partial charge in [-0.05, 0) is 24.0 Å². The van der Waals surface area contributed by atoms with Crippen molar-refractivity contribution in [3.05, 3.63) is 27.1 Å². The molecule has 0 N–H and O–H groups in total. The molecular formula is C8H8Br2S. The highest BCUT2D eigenvalue weighted by Gasteiger charge is 1.95. The van der Waals surface area contributed by atoms with Crippen molar-refractivity contribution in [3.63, 3.8) is 0 Å². The van der Waals surface area contributed by atoms with Crippen LogP contribution < -0.4 is 0 Å². The Morgan fingerprint density at radius 3 is 2.18 bits per heavy atom. The molecule has 0 unspecified atom stereocenters. The SMILES string of the molecule is CCSc1cc(Br)cc(Br)c1. The van der Waals surface area contributed by atoms with Gasteiger partial charge in [-0.25, -0.2) is 0 Å². The molecule has 11 heavy (non-hydrogen) atoms. The third-order valence-electron chi connectivity index (χ3n) is 1.15. The molecule has 0 aliphatic rings. The average molecular weight is 296 g/mol. The fraction of sp³-hybridized carbons (Fsp3) is 0.250. The lowest BCUT2D eigenvalue weighted by Crippen LogP contribution is -1.74. The van der Waals surface area contributed by atoms with Crippen LogP contribution in [0.1, 0.15) is 6.92 Å². The van der Waals surface area contributed by atoms with Gasteiger partial charge in [0.05, 0.1) is 0 Å². The first kappa shape index (κ1) is 9.62. The van der Waals surface area contributed by atoms with E-state index >= 15 is 0 Å². The smallest absolute Gasteiger partial charge is 0.0197 e. The first-order valence-electron chi connectivity index (χ1n) is 3.31. The fourth-order valence-corrected chi connectivity index (χ4v) is 3.13. The van der Waals surface area contributed by atoms with Crippen LogP contribution >= 0.6 is 43.6 Å². The summed E-state index contributed by atoms with van der Waals surface area (Å²) >= 11 is 8.72. The van der Waals surface area contributed by atoms with Gasteiger partial charge in [-0.1, -0.05) is 38.8 Å². The maximum absolute atomic E-state index is 3.44. The first-order valence-corrected chi connectivity index (χ1v) is 5.88. The molecule has 0 radical (unpaired) electrons. The molecule has 0 aliphatic carbocycles. The van der Waals surface area contributed by atoms with E-state index in [0.717, 1.165) is 14.7 Å². The van der Waals surface area contributed by atoms with Gasteiger partial charge in [0.15, 0.2) is 0 Å². The minimum atomic E-state index is 1.11. The van der Waals surface area contributed by atoms with Crippen LogP contribution in [0.5, 0.6) is 0 Å². The molecule has 0 heterocycles. The van der Waals surface area contributed by atoms with Crippen LogP contribution in [0.15, 0.2) is 32.0 Å². The zero-order valence-electron chi connectivity index (χ0n) is 6.10. The normalized spacial score (nSPS) is 10.1. The average Bonchev–Trinajstić information content (AvgIpc) is 1.85. The Hall–Kier alpha value is 0.530. The van der Waals surface area contributed by atoms with Gasteiger partial charge in [0.25, 0.3) is 0 Å². The maximum Gasteiger partial charge on any atom is 0.0197 e. The van der Waals surface area contributed by atoms with Gasteiger partial charge in [-0.2, -0.15) is 0 Å². The van der Waals surface area contributed by atoms with Crippen LogP contribution in [-0.2, 0) is 0 Å². The molecule has 0 fully saturated rings. The van der Waals surface area contributed by atoms with Crippen LogP contribution in [0.4, 0.5) is 0 Å². The summed E-state index contributed by atoms with van der Waals surface area (Å²) in [6.45, 7) is 2.15. The van der Waals surface area contributed by atoms with E-state index in [4.69, 9.17) is 0 Å². The number of thioether (sulfide) groups is 1. The molecule has 0 saturated heterocycles. The summed E-state index contributed by atoms with van der Waals surface area (Å²) in [5.74, 6) is 1.11.